The van der Waals surface area contributed by atoms with Crippen LogP contribution in [0.25, 0.3) is 0 Å². The maximum absolute atomic E-state index is 11.5. The lowest BCUT2D eigenvalue weighted by Crippen LogP contribution is -2.43. The fourth-order valence-electron chi connectivity index (χ4n) is 1.44. The molecule has 0 fully saturated rings. The Morgan fingerprint density at radius 1 is 1.28 bits per heavy atom. The number of carbonyl (C=O) groups excluding carboxylic acids is 2. The van der Waals surface area contributed by atoms with E-state index in [1.54, 1.807) is 0 Å². The summed E-state index contributed by atoms with van der Waals surface area (Å²) in [4.78, 5) is 22.3. The van der Waals surface area contributed by atoms with Crippen LogP contribution in [0.2, 0.25) is 0 Å². The molecule has 5 nitrogen and oxygen atoms in total. The molecule has 1 aromatic carbocycles. The average molecular weight is 251 g/mol. The highest BCUT2D eigenvalue weighted by Gasteiger charge is 2.26. The van der Waals surface area contributed by atoms with Crippen molar-refractivity contribution in [2.75, 3.05) is 0 Å². The van der Waals surface area contributed by atoms with E-state index in [2.05, 4.69) is 0 Å². The molecule has 5 heteroatoms. The summed E-state index contributed by atoms with van der Waals surface area (Å²) in [5, 5.41) is 0. The molecule has 18 heavy (non-hydrogen) atoms. The monoisotopic (exact) mass is 251 g/mol. The van der Waals surface area contributed by atoms with Crippen LogP contribution in [-0.4, -0.2) is 17.7 Å². The lowest BCUT2D eigenvalue weighted by molar-refractivity contribution is -0.162. The zero-order valence-electron chi connectivity index (χ0n) is 10.5. The predicted molar refractivity (Wildman–Crippen MR) is 65.2 cm³/mol. The summed E-state index contributed by atoms with van der Waals surface area (Å²) in [6.45, 7) is 2.87. The van der Waals surface area contributed by atoms with Gasteiger partial charge in [0.05, 0.1) is 6.42 Å². The zero-order valence-corrected chi connectivity index (χ0v) is 10.5. The molecule has 0 aliphatic rings. The predicted octanol–water partition coefficient (Wildman–Crippen LogP) is 1.36. The number of rotatable bonds is 5. The van der Waals surface area contributed by atoms with Gasteiger partial charge in [-0.2, -0.15) is 0 Å². The number of nitrogens with two attached hydrogens (primary N) is 1. The fourth-order valence-corrected chi connectivity index (χ4v) is 1.44. The molecule has 0 saturated carbocycles. The van der Waals surface area contributed by atoms with Gasteiger partial charge in [-0.25, -0.2) is 0 Å². The highest BCUT2D eigenvalue weighted by molar-refractivity contribution is 5.72. The Labute approximate surface area is 106 Å². The molecule has 0 radical (unpaired) electrons. The first-order valence-electron chi connectivity index (χ1n) is 5.57. The lowest BCUT2D eigenvalue weighted by Gasteiger charge is -2.22. The normalized spacial score (nSPS) is 13.5. The molecule has 0 aromatic heterocycles. The first kappa shape index (κ1) is 14.2. The zero-order chi connectivity index (χ0) is 13.6. The van der Waals surface area contributed by atoms with Crippen LogP contribution in [0, 0.1) is 0 Å². The Morgan fingerprint density at radius 3 is 2.44 bits per heavy atom. The van der Waals surface area contributed by atoms with E-state index in [1.165, 1.54) is 13.8 Å². The summed E-state index contributed by atoms with van der Waals surface area (Å²) in [6.07, 6.45) is -0.181. The van der Waals surface area contributed by atoms with Crippen LogP contribution < -0.4 is 5.73 Å². The van der Waals surface area contributed by atoms with Gasteiger partial charge in [-0.15, -0.1) is 0 Å². The molecule has 0 amide bonds. The summed E-state index contributed by atoms with van der Waals surface area (Å²) in [5.74, 6) is -1.04. The summed E-state index contributed by atoms with van der Waals surface area (Å²) in [6, 6.07) is 9.29. The number of benzene rings is 1. The molecule has 0 aliphatic heterocycles. The number of esters is 2. The van der Waals surface area contributed by atoms with Crippen molar-refractivity contribution >= 4 is 11.9 Å². The minimum absolute atomic E-state index is 0.176. The van der Waals surface area contributed by atoms with Crippen molar-refractivity contribution < 1.29 is 19.1 Å². The van der Waals surface area contributed by atoms with E-state index in [1.807, 2.05) is 30.3 Å². The summed E-state index contributed by atoms with van der Waals surface area (Å²) in [5.41, 5.74) is 5.20. The van der Waals surface area contributed by atoms with Gasteiger partial charge in [0.15, 0.2) is 5.72 Å². The molecule has 1 unspecified atom stereocenters. The van der Waals surface area contributed by atoms with E-state index < -0.39 is 17.7 Å². The van der Waals surface area contributed by atoms with E-state index in [0.717, 1.165) is 5.56 Å². The van der Waals surface area contributed by atoms with Gasteiger partial charge in [-0.3, -0.25) is 15.3 Å². The quantitative estimate of drug-likeness (QED) is 0.631. The van der Waals surface area contributed by atoms with Gasteiger partial charge in [0, 0.05) is 6.92 Å². The third kappa shape index (κ3) is 5.45. The minimum Gasteiger partial charge on any atom is -0.461 e. The molecule has 1 aromatic rings. The molecule has 0 heterocycles. The standard InChI is InChI=1S/C13H17NO4/c1-10(15)18-13(2,14)8-12(16)17-9-11-6-4-3-5-7-11/h3-7H,8-9,14H2,1-2H3. The maximum Gasteiger partial charge on any atom is 0.311 e. The third-order valence-corrected chi connectivity index (χ3v) is 2.11. The van der Waals surface area contributed by atoms with E-state index >= 15 is 0 Å². The topological polar surface area (TPSA) is 78.6 Å². The van der Waals surface area contributed by atoms with Crippen molar-refractivity contribution in [2.45, 2.75) is 32.6 Å². The van der Waals surface area contributed by atoms with Gasteiger partial charge in [-0.1, -0.05) is 30.3 Å². The van der Waals surface area contributed by atoms with Crippen molar-refractivity contribution in [1.29, 1.82) is 0 Å². The van der Waals surface area contributed by atoms with Crippen LogP contribution >= 0.6 is 0 Å². The Bertz CT molecular complexity index is 414. The van der Waals surface area contributed by atoms with Gasteiger partial charge in [0.25, 0.3) is 0 Å². The minimum atomic E-state index is -1.33. The lowest BCUT2D eigenvalue weighted by atomic mass is 10.2. The molecule has 98 valence electrons. The smallest absolute Gasteiger partial charge is 0.311 e. The summed E-state index contributed by atoms with van der Waals surface area (Å²) in [7, 11) is 0. The van der Waals surface area contributed by atoms with Gasteiger partial charge >= 0.3 is 11.9 Å². The van der Waals surface area contributed by atoms with Crippen molar-refractivity contribution in [3.8, 4) is 0 Å². The Kier molecular flexibility index (Phi) is 4.85. The molecule has 0 aliphatic carbocycles. The van der Waals surface area contributed by atoms with E-state index in [-0.39, 0.29) is 13.0 Å². The average Bonchev–Trinajstić information content (AvgIpc) is 2.25. The van der Waals surface area contributed by atoms with Gasteiger partial charge in [0.2, 0.25) is 0 Å². The van der Waals surface area contributed by atoms with Gasteiger partial charge in [-0.05, 0) is 12.5 Å². The fraction of sp³-hybridized carbons (Fsp3) is 0.385. The summed E-state index contributed by atoms with van der Waals surface area (Å²) < 4.78 is 9.83. The Morgan fingerprint density at radius 2 is 1.89 bits per heavy atom. The second-order valence-corrected chi connectivity index (χ2v) is 4.23. The molecular formula is C13H17NO4. The van der Waals surface area contributed by atoms with Crippen molar-refractivity contribution in [1.82, 2.24) is 0 Å². The molecule has 0 spiro atoms. The Balaban J connectivity index is 2.40. The second-order valence-electron chi connectivity index (χ2n) is 4.23. The van der Waals surface area contributed by atoms with Crippen molar-refractivity contribution in [3.05, 3.63) is 35.9 Å². The van der Waals surface area contributed by atoms with Crippen LogP contribution in [0.15, 0.2) is 30.3 Å². The van der Waals surface area contributed by atoms with Crippen molar-refractivity contribution in [3.63, 3.8) is 0 Å². The SMILES string of the molecule is CC(=O)OC(C)(N)CC(=O)OCc1ccccc1. The third-order valence-electron chi connectivity index (χ3n) is 2.11. The molecule has 1 atom stereocenters. The second kappa shape index (κ2) is 6.16. The number of hydrogen-bond acceptors (Lipinski definition) is 5. The number of carbonyl (C=O) groups is 2. The van der Waals surface area contributed by atoms with E-state index in [9.17, 15) is 9.59 Å². The van der Waals surface area contributed by atoms with Crippen LogP contribution in [0.5, 0.6) is 0 Å². The molecular weight excluding hydrogens is 234 g/mol. The van der Waals surface area contributed by atoms with E-state index in [0.29, 0.717) is 0 Å². The largest absolute Gasteiger partial charge is 0.461 e. The first-order valence-corrected chi connectivity index (χ1v) is 5.57. The highest BCUT2D eigenvalue weighted by Crippen LogP contribution is 2.10. The van der Waals surface area contributed by atoms with Gasteiger partial charge in [0.1, 0.15) is 6.61 Å². The molecule has 0 saturated heterocycles. The number of ether oxygens (including phenoxy) is 2. The first-order chi connectivity index (χ1) is 8.39. The van der Waals surface area contributed by atoms with Crippen LogP contribution in [0.1, 0.15) is 25.8 Å². The van der Waals surface area contributed by atoms with E-state index in [4.69, 9.17) is 15.2 Å². The van der Waals surface area contributed by atoms with Gasteiger partial charge < -0.3 is 9.47 Å². The Hall–Kier alpha value is -1.88. The maximum atomic E-state index is 11.5. The van der Waals surface area contributed by atoms with Crippen LogP contribution in [0.4, 0.5) is 0 Å². The molecule has 0 bridgehead atoms. The van der Waals surface area contributed by atoms with Crippen LogP contribution in [-0.2, 0) is 25.7 Å². The molecule has 1 rings (SSSR count). The number of hydrogen-bond donors (Lipinski definition) is 1. The van der Waals surface area contributed by atoms with Crippen LogP contribution in [0.3, 0.4) is 0 Å². The summed E-state index contributed by atoms with van der Waals surface area (Å²) >= 11 is 0. The van der Waals surface area contributed by atoms with Crippen molar-refractivity contribution in [2.24, 2.45) is 5.73 Å². The highest BCUT2D eigenvalue weighted by atomic mass is 16.6. The molecule has 2 N–H and O–H groups in total.